The number of nitriles is 1. The van der Waals surface area contributed by atoms with Gasteiger partial charge in [-0.3, -0.25) is 4.98 Å². The van der Waals surface area contributed by atoms with Crippen LogP contribution in [-0.2, 0) is 10.0 Å². The molecule has 0 radical (unpaired) electrons. The fourth-order valence-corrected chi connectivity index (χ4v) is 1.81. The Morgan fingerprint density at radius 2 is 2.19 bits per heavy atom. The van der Waals surface area contributed by atoms with Crippen LogP contribution in [0.5, 0.6) is 5.75 Å². The smallest absolute Gasteiger partial charge is 0.243 e. The Hall–Kier alpha value is -1.65. The SMILES string of the molecule is N#Cc1cncc(S(N)(=O)=O)c1OC1CC1. The minimum Gasteiger partial charge on any atom is -0.487 e. The van der Waals surface area contributed by atoms with Crippen molar-refractivity contribution in [1.29, 1.82) is 5.26 Å². The van der Waals surface area contributed by atoms with Crippen LogP contribution in [0, 0.1) is 11.3 Å². The lowest BCUT2D eigenvalue weighted by atomic mass is 10.3. The zero-order chi connectivity index (χ0) is 11.8. The molecule has 0 aromatic carbocycles. The number of hydrogen-bond donors (Lipinski definition) is 1. The minimum atomic E-state index is -3.92. The van der Waals surface area contributed by atoms with Gasteiger partial charge in [-0.1, -0.05) is 0 Å². The second-order valence-electron chi connectivity index (χ2n) is 3.49. The molecule has 0 aliphatic heterocycles. The molecule has 0 unspecified atom stereocenters. The topological polar surface area (TPSA) is 106 Å². The summed E-state index contributed by atoms with van der Waals surface area (Å²) in [7, 11) is -3.92. The number of ether oxygens (including phenoxy) is 1. The fraction of sp³-hybridized carbons (Fsp3) is 0.333. The van der Waals surface area contributed by atoms with E-state index < -0.39 is 10.0 Å². The van der Waals surface area contributed by atoms with E-state index in [2.05, 4.69) is 4.98 Å². The van der Waals surface area contributed by atoms with Crippen molar-refractivity contribution in [3.05, 3.63) is 18.0 Å². The van der Waals surface area contributed by atoms with Gasteiger partial charge in [-0.2, -0.15) is 5.26 Å². The van der Waals surface area contributed by atoms with Gasteiger partial charge >= 0.3 is 0 Å². The number of primary sulfonamides is 1. The van der Waals surface area contributed by atoms with Crippen LogP contribution in [0.4, 0.5) is 0 Å². The molecule has 1 saturated carbocycles. The van der Waals surface area contributed by atoms with E-state index in [1.54, 1.807) is 0 Å². The van der Waals surface area contributed by atoms with E-state index in [-0.39, 0.29) is 22.3 Å². The Bertz CT molecular complexity index is 558. The van der Waals surface area contributed by atoms with Gasteiger partial charge in [0.25, 0.3) is 0 Å². The summed E-state index contributed by atoms with van der Waals surface area (Å²) in [6.07, 6.45) is 4.05. The number of nitrogens with two attached hydrogens (primary N) is 1. The Kier molecular flexibility index (Phi) is 2.53. The van der Waals surface area contributed by atoms with Crippen molar-refractivity contribution in [2.45, 2.75) is 23.8 Å². The number of pyridine rings is 1. The van der Waals surface area contributed by atoms with Gasteiger partial charge in [-0.25, -0.2) is 13.6 Å². The van der Waals surface area contributed by atoms with E-state index in [4.69, 9.17) is 15.1 Å². The molecule has 1 aromatic heterocycles. The zero-order valence-electron chi connectivity index (χ0n) is 8.25. The Balaban J connectivity index is 2.55. The van der Waals surface area contributed by atoms with Crippen molar-refractivity contribution in [2.24, 2.45) is 5.14 Å². The van der Waals surface area contributed by atoms with Crippen molar-refractivity contribution in [2.75, 3.05) is 0 Å². The highest BCUT2D eigenvalue weighted by Gasteiger charge is 2.28. The Morgan fingerprint density at radius 1 is 1.50 bits per heavy atom. The first kappa shape index (κ1) is 10.9. The van der Waals surface area contributed by atoms with E-state index in [0.29, 0.717) is 0 Å². The number of sulfonamides is 1. The summed E-state index contributed by atoms with van der Waals surface area (Å²) in [5.74, 6) is 0.0162. The van der Waals surface area contributed by atoms with Crippen molar-refractivity contribution in [3.8, 4) is 11.8 Å². The number of nitrogens with zero attached hydrogens (tertiary/aromatic N) is 2. The average Bonchev–Trinajstić information content (AvgIpc) is 3.00. The third-order valence-electron chi connectivity index (χ3n) is 2.10. The number of rotatable bonds is 3. The molecule has 0 amide bonds. The van der Waals surface area contributed by atoms with Crippen molar-refractivity contribution in [1.82, 2.24) is 4.98 Å². The van der Waals surface area contributed by atoms with Crippen LogP contribution in [0.15, 0.2) is 17.3 Å². The highest BCUT2D eigenvalue weighted by molar-refractivity contribution is 7.89. The van der Waals surface area contributed by atoms with Crippen LogP contribution in [0.1, 0.15) is 18.4 Å². The van der Waals surface area contributed by atoms with Gasteiger partial charge in [0.15, 0.2) is 5.75 Å². The minimum absolute atomic E-state index is 0.0162. The molecule has 0 bridgehead atoms. The van der Waals surface area contributed by atoms with Crippen LogP contribution in [-0.4, -0.2) is 19.5 Å². The van der Waals surface area contributed by atoms with Gasteiger partial charge in [-0.05, 0) is 12.8 Å². The first-order chi connectivity index (χ1) is 7.52. The molecule has 1 aromatic rings. The summed E-state index contributed by atoms with van der Waals surface area (Å²) in [5.41, 5.74) is 0.0819. The molecule has 1 aliphatic rings. The summed E-state index contributed by atoms with van der Waals surface area (Å²) >= 11 is 0. The predicted molar refractivity (Wildman–Crippen MR) is 54.0 cm³/mol. The normalized spacial score (nSPS) is 15.5. The lowest BCUT2D eigenvalue weighted by Gasteiger charge is -2.09. The first-order valence-corrected chi connectivity index (χ1v) is 6.14. The maximum atomic E-state index is 11.3. The van der Waals surface area contributed by atoms with Gasteiger partial charge in [0.2, 0.25) is 10.0 Å². The Morgan fingerprint density at radius 3 is 2.69 bits per heavy atom. The van der Waals surface area contributed by atoms with Crippen LogP contribution in [0.2, 0.25) is 0 Å². The zero-order valence-corrected chi connectivity index (χ0v) is 9.07. The molecule has 0 saturated heterocycles. The first-order valence-electron chi connectivity index (χ1n) is 4.60. The standard InChI is InChI=1S/C9H9N3O3S/c10-3-6-4-12-5-8(16(11,13)14)9(6)15-7-1-2-7/h4-5,7H,1-2H2,(H2,11,13,14). The van der Waals surface area contributed by atoms with E-state index in [1.165, 1.54) is 6.20 Å². The molecule has 0 atom stereocenters. The summed E-state index contributed by atoms with van der Waals surface area (Å²) < 4.78 is 27.9. The molecule has 1 aliphatic carbocycles. The van der Waals surface area contributed by atoms with Gasteiger partial charge in [0, 0.05) is 6.20 Å². The molecule has 1 heterocycles. The monoisotopic (exact) mass is 239 g/mol. The molecule has 0 spiro atoms. The van der Waals surface area contributed by atoms with Crippen LogP contribution in [0.3, 0.4) is 0 Å². The van der Waals surface area contributed by atoms with Gasteiger partial charge in [0.05, 0.1) is 12.3 Å². The van der Waals surface area contributed by atoms with E-state index >= 15 is 0 Å². The van der Waals surface area contributed by atoms with E-state index in [1.807, 2.05) is 6.07 Å². The van der Waals surface area contributed by atoms with Gasteiger partial charge in [0.1, 0.15) is 16.5 Å². The molecule has 2 N–H and O–H groups in total. The number of hydrogen-bond acceptors (Lipinski definition) is 5. The summed E-state index contributed by atoms with van der Waals surface area (Å²) in [4.78, 5) is 3.41. The maximum Gasteiger partial charge on any atom is 0.243 e. The fourth-order valence-electron chi connectivity index (χ4n) is 1.19. The molecule has 7 heteroatoms. The Labute approximate surface area is 92.7 Å². The third-order valence-corrected chi connectivity index (χ3v) is 3.00. The molecule has 6 nitrogen and oxygen atoms in total. The molecular formula is C9H9N3O3S. The molecule has 84 valence electrons. The predicted octanol–water partition coefficient (Wildman–Crippen LogP) is 0.142. The van der Waals surface area contributed by atoms with Crippen LogP contribution in [0.25, 0.3) is 0 Å². The lowest BCUT2D eigenvalue weighted by molar-refractivity contribution is 0.293. The van der Waals surface area contributed by atoms with Gasteiger partial charge < -0.3 is 4.74 Å². The third kappa shape index (κ3) is 2.13. The second kappa shape index (κ2) is 3.73. The van der Waals surface area contributed by atoms with E-state index in [9.17, 15) is 8.42 Å². The van der Waals surface area contributed by atoms with Crippen LogP contribution < -0.4 is 9.88 Å². The summed E-state index contributed by atoms with van der Waals surface area (Å²) in [5, 5.41) is 13.9. The van der Waals surface area contributed by atoms with Crippen LogP contribution >= 0.6 is 0 Å². The lowest BCUT2D eigenvalue weighted by Crippen LogP contribution is -2.15. The number of aromatic nitrogens is 1. The van der Waals surface area contributed by atoms with Gasteiger partial charge in [-0.15, -0.1) is 0 Å². The summed E-state index contributed by atoms with van der Waals surface area (Å²) in [6, 6.07) is 1.83. The largest absolute Gasteiger partial charge is 0.487 e. The summed E-state index contributed by atoms with van der Waals surface area (Å²) in [6.45, 7) is 0. The van der Waals surface area contributed by atoms with E-state index in [0.717, 1.165) is 19.0 Å². The van der Waals surface area contributed by atoms with Crippen molar-refractivity contribution < 1.29 is 13.2 Å². The average molecular weight is 239 g/mol. The maximum absolute atomic E-state index is 11.3. The second-order valence-corrected chi connectivity index (χ2v) is 5.02. The molecule has 2 rings (SSSR count). The quantitative estimate of drug-likeness (QED) is 0.807. The molecule has 1 fully saturated rings. The van der Waals surface area contributed by atoms with Crippen molar-refractivity contribution >= 4 is 10.0 Å². The van der Waals surface area contributed by atoms with Crippen molar-refractivity contribution in [3.63, 3.8) is 0 Å². The molecule has 16 heavy (non-hydrogen) atoms. The highest BCUT2D eigenvalue weighted by atomic mass is 32.2. The molecular weight excluding hydrogens is 230 g/mol. The highest BCUT2D eigenvalue weighted by Crippen LogP contribution is 2.32.